The van der Waals surface area contributed by atoms with Crippen LogP contribution in [0.5, 0.6) is 0 Å². The van der Waals surface area contributed by atoms with Gasteiger partial charge in [-0.3, -0.25) is 0 Å². The van der Waals surface area contributed by atoms with Crippen molar-refractivity contribution in [1.29, 1.82) is 0 Å². The average Bonchev–Trinajstić information content (AvgIpc) is 2.20. The van der Waals surface area contributed by atoms with Crippen LogP contribution >= 0.6 is 0 Å². The fraction of sp³-hybridized carbons (Fsp3) is 0.929. The highest BCUT2D eigenvalue weighted by Gasteiger charge is 2.32. The largest absolute Gasteiger partial charge is 0.444 e. The Morgan fingerprint density at radius 3 is 1.79 bits per heavy atom. The molecule has 1 amide bonds. The summed E-state index contributed by atoms with van der Waals surface area (Å²) < 4.78 is 5.17. The smallest absolute Gasteiger partial charge is 0.407 e. The Kier molecular flexibility index (Phi) is 6.80. The van der Waals surface area contributed by atoms with Crippen LogP contribution in [0.3, 0.4) is 0 Å². The number of carbonyl (C=O) groups is 1. The summed E-state index contributed by atoms with van der Waals surface area (Å²) in [4.78, 5) is 11.7. The van der Waals surface area contributed by atoms with Crippen LogP contribution < -0.4 is 5.32 Å². The van der Waals surface area contributed by atoms with Gasteiger partial charge in [-0.15, -0.1) is 0 Å². The summed E-state index contributed by atoms with van der Waals surface area (Å²) in [6, 6.07) is -0.549. The van der Waals surface area contributed by atoms with Gasteiger partial charge in [0.15, 0.2) is 0 Å². The number of alkyl carbamates (subject to hydrolysis) is 1. The van der Waals surface area contributed by atoms with Crippen LogP contribution in [0, 0.1) is 11.8 Å². The minimum absolute atomic E-state index is 0.0177. The zero-order valence-corrected chi connectivity index (χ0v) is 13.1. The van der Waals surface area contributed by atoms with Crippen molar-refractivity contribution in [2.45, 2.75) is 72.3 Å². The second kappa shape index (κ2) is 7.10. The summed E-state index contributed by atoms with van der Waals surface area (Å²) in [5, 5.41) is 22.7. The highest BCUT2D eigenvalue weighted by atomic mass is 16.6. The first-order valence-electron chi connectivity index (χ1n) is 6.81. The van der Waals surface area contributed by atoms with Gasteiger partial charge in [-0.1, -0.05) is 27.7 Å². The van der Waals surface area contributed by atoms with Crippen LogP contribution in [0.1, 0.15) is 48.5 Å². The van der Waals surface area contributed by atoms with Gasteiger partial charge in [-0.25, -0.2) is 4.79 Å². The molecule has 0 saturated heterocycles. The van der Waals surface area contributed by atoms with Gasteiger partial charge in [0.05, 0.1) is 12.1 Å². The predicted molar refractivity (Wildman–Crippen MR) is 74.8 cm³/mol. The molecule has 0 rings (SSSR count). The van der Waals surface area contributed by atoms with Crippen molar-refractivity contribution in [3.8, 4) is 0 Å². The Labute approximate surface area is 116 Å². The Bertz CT molecular complexity index is 284. The SMILES string of the molecule is CC(C)[C@@H](O)[C@H](O)[C@@H](NC(=O)OC(C)(C)C)C(C)C. The molecule has 0 aromatic heterocycles. The molecule has 19 heavy (non-hydrogen) atoms. The normalized spacial score (nSPS) is 17.2. The van der Waals surface area contributed by atoms with E-state index in [1.165, 1.54) is 0 Å². The Hall–Kier alpha value is -0.810. The summed E-state index contributed by atoms with van der Waals surface area (Å²) in [6.07, 6.45) is -2.49. The molecule has 0 saturated carbocycles. The third kappa shape index (κ3) is 6.78. The van der Waals surface area contributed by atoms with Crippen molar-refractivity contribution in [3.05, 3.63) is 0 Å². The lowest BCUT2D eigenvalue weighted by atomic mass is 9.90. The van der Waals surface area contributed by atoms with Gasteiger partial charge < -0.3 is 20.3 Å². The second-order valence-electron chi connectivity index (χ2n) is 6.64. The number of hydrogen-bond donors (Lipinski definition) is 3. The number of carbonyl (C=O) groups excluding carboxylic acids is 1. The van der Waals surface area contributed by atoms with E-state index in [4.69, 9.17) is 4.74 Å². The number of amides is 1. The number of hydrogen-bond acceptors (Lipinski definition) is 4. The fourth-order valence-corrected chi connectivity index (χ4v) is 1.70. The lowest BCUT2D eigenvalue weighted by Crippen LogP contribution is -2.53. The molecular formula is C14H29NO4. The highest BCUT2D eigenvalue weighted by molar-refractivity contribution is 5.68. The van der Waals surface area contributed by atoms with Crippen molar-refractivity contribution < 1.29 is 19.7 Å². The number of ether oxygens (including phenoxy) is 1. The highest BCUT2D eigenvalue weighted by Crippen LogP contribution is 2.16. The Balaban J connectivity index is 4.71. The first-order valence-corrected chi connectivity index (χ1v) is 6.81. The maximum Gasteiger partial charge on any atom is 0.407 e. The zero-order valence-electron chi connectivity index (χ0n) is 13.1. The molecule has 0 aromatic rings. The van der Waals surface area contributed by atoms with Crippen molar-refractivity contribution >= 4 is 6.09 Å². The standard InChI is InChI=1S/C14H29NO4/c1-8(2)10(12(17)11(16)9(3)4)15-13(18)19-14(5,6)7/h8-12,16-17H,1-7H3,(H,15,18)/t10-,11+,12+/m0/s1. The topological polar surface area (TPSA) is 78.8 Å². The van der Waals surface area contributed by atoms with Crippen molar-refractivity contribution in [3.63, 3.8) is 0 Å². The quantitative estimate of drug-likeness (QED) is 0.716. The van der Waals surface area contributed by atoms with Crippen LogP contribution in [0.25, 0.3) is 0 Å². The lowest BCUT2D eigenvalue weighted by molar-refractivity contribution is -0.0389. The number of aliphatic hydroxyl groups is 2. The number of nitrogens with one attached hydrogen (secondary N) is 1. The summed E-state index contributed by atoms with van der Waals surface area (Å²) in [6.45, 7) is 12.7. The van der Waals surface area contributed by atoms with Crippen LogP contribution in [-0.4, -0.2) is 40.2 Å². The van der Waals surface area contributed by atoms with Gasteiger partial charge in [0.25, 0.3) is 0 Å². The van der Waals surface area contributed by atoms with E-state index in [0.29, 0.717) is 0 Å². The molecule has 3 atom stereocenters. The van der Waals surface area contributed by atoms with E-state index in [1.54, 1.807) is 20.8 Å². The number of rotatable bonds is 5. The fourth-order valence-electron chi connectivity index (χ4n) is 1.70. The van der Waals surface area contributed by atoms with Gasteiger partial charge in [-0.05, 0) is 32.6 Å². The van der Waals surface area contributed by atoms with E-state index in [2.05, 4.69) is 5.32 Å². The summed E-state index contributed by atoms with van der Waals surface area (Å²) in [5.41, 5.74) is -0.590. The van der Waals surface area contributed by atoms with E-state index in [-0.39, 0.29) is 11.8 Å². The molecule has 0 unspecified atom stereocenters. The zero-order chi connectivity index (χ0) is 15.4. The van der Waals surface area contributed by atoms with E-state index in [9.17, 15) is 15.0 Å². The van der Waals surface area contributed by atoms with Gasteiger partial charge in [-0.2, -0.15) is 0 Å². The molecule has 0 aliphatic carbocycles. The summed E-state index contributed by atoms with van der Waals surface area (Å²) >= 11 is 0. The van der Waals surface area contributed by atoms with Crippen LogP contribution in [0.2, 0.25) is 0 Å². The van der Waals surface area contributed by atoms with Gasteiger partial charge in [0, 0.05) is 0 Å². The molecule has 0 radical (unpaired) electrons. The summed E-state index contributed by atoms with van der Waals surface area (Å²) in [7, 11) is 0. The van der Waals surface area contributed by atoms with Gasteiger partial charge in [0.2, 0.25) is 0 Å². The van der Waals surface area contributed by atoms with Crippen molar-refractivity contribution in [2.75, 3.05) is 0 Å². The molecule has 0 bridgehead atoms. The monoisotopic (exact) mass is 275 g/mol. The summed E-state index contributed by atoms with van der Waals surface area (Å²) in [5.74, 6) is -0.104. The van der Waals surface area contributed by atoms with E-state index in [1.807, 2.05) is 27.7 Å². The molecule has 0 fully saturated rings. The Morgan fingerprint density at radius 1 is 1.00 bits per heavy atom. The van der Waals surface area contributed by atoms with Crippen molar-refractivity contribution in [2.24, 2.45) is 11.8 Å². The maximum atomic E-state index is 11.7. The maximum absolute atomic E-state index is 11.7. The molecular weight excluding hydrogens is 246 g/mol. The van der Waals surface area contributed by atoms with E-state index >= 15 is 0 Å². The molecule has 0 heterocycles. The predicted octanol–water partition coefficient (Wildman–Crippen LogP) is 1.91. The molecule has 0 aromatic carbocycles. The minimum atomic E-state index is -1.02. The third-order valence-electron chi connectivity index (χ3n) is 2.80. The Morgan fingerprint density at radius 2 is 1.47 bits per heavy atom. The molecule has 5 nitrogen and oxygen atoms in total. The van der Waals surface area contributed by atoms with Crippen LogP contribution in [-0.2, 0) is 4.74 Å². The van der Waals surface area contributed by atoms with Gasteiger partial charge in [0.1, 0.15) is 11.7 Å². The molecule has 5 heteroatoms. The van der Waals surface area contributed by atoms with Crippen LogP contribution in [0.4, 0.5) is 4.79 Å². The van der Waals surface area contributed by atoms with E-state index in [0.717, 1.165) is 0 Å². The molecule has 0 aliphatic rings. The first kappa shape index (κ1) is 18.2. The molecule has 0 aliphatic heterocycles. The molecule has 3 N–H and O–H groups in total. The lowest BCUT2D eigenvalue weighted by Gasteiger charge is -2.32. The van der Waals surface area contributed by atoms with Crippen LogP contribution in [0.15, 0.2) is 0 Å². The molecule has 0 spiro atoms. The molecule has 114 valence electrons. The van der Waals surface area contributed by atoms with Gasteiger partial charge >= 0.3 is 6.09 Å². The first-order chi connectivity index (χ1) is 8.45. The van der Waals surface area contributed by atoms with Crippen molar-refractivity contribution in [1.82, 2.24) is 5.32 Å². The second-order valence-corrected chi connectivity index (χ2v) is 6.64. The average molecular weight is 275 g/mol. The third-order valence-corrected chi connectivity index (χ3v) is 2.80. The van der Waals surface area contributed by atoms with E-state index < -0.39 is 29.9 Å². The number of aliphatic hydroxyl groups excluding tert-OH is 2. The minimum Gasteiger partial charge on any atom is -0.444 e.